The lowest BCUT2D eigenvalue weighted by atomic mass is 10.1. The fraction of sp³-hybridized carbons (Fsp3) is 0.364. The predicted molar refractivity (Wildman–Crippen MR) is 108 cm³/mol. The predicted octanol–water partition coefficient (Wildman–Crippen LogP) is 2.81. The van der Waals surface area contributed by atoms with Gasteiger partial charge in [-0.15, -0.1) is 0 Å². The second kappa shape index (κ2) is 9.26. The number of nitrogens with zero attached hydrogens (tertiary/aromatic N) is 1. The lowest BCUT2D eigenvalue weighted by molar-refractivity contribution is -0.126. The van der Waals surface area contributed by atoms with E-state index in [0.29, 0.717) is 31.9 Å². The Morgan fingerprint density at radius 2 is 2.04 bits per heavy atom. The second-order valence-electron chi connectivity index (χ2n) is 6.70. The van der Waals surface area contributed by atoms with Crippen molar-refractivity contribution in [3.05, 3.63) is 54.1 Å². The monoisotopic (exact) mass is 382 g/mol. The van der Waals surface area contributed by atoms with Gasteiger partial charge in [0.05, 0.1) is 25.3 Å². The largest absolute Gasteiger partial charge is 0.497 e. The van der Waals surface area contributed by atoms with Crippen LogP contribution < -0.4 is 19.7 Å². The van der Waals surface area contributed by atoms with Gasteiger partial charge >= 0.3 is 0 Å². The first-order valence-corrected chi connectivity index (χ1v) is 9.55. The SMILES string of the molecule is CCOc1ccccc1N1CC(C(=O)NCCc2cccc(OC)c2)CC1=O. The zero-order valence-electron chi connectivity index (χ0n) is 16.3. The Labute approximate surface area is 165 Å². The molecule has 6 nitrogen and oxygen atoms in total. The van der Waals surface area contributed by atoms with Gasteiger partial charge in [-0.05, 0) is 43.2 Å². The van der Waals surface area contributed by atoms with Crippen LogP contribution in [0.2, 0.25) is 0 Å². The number of carbonyl (C=O) groups excluding carboxylic acids is 2. The number of hydrogen-bond donors (Lipinski definition) is 1. The van der Waals surface area contributed by atoms with E-state index in [1.807, 2.05) is 55.5 Å². The van der Waals surface area contributed by atoms with Crippen molar-refractivity contribution in [1.82, 2.24) is 5.32 Å². The molecule has 0 aliphatic carbocycles. The lowest BCUT2D eigenvalue weighted by Gasteiger charge is -2.20. The van der Waals surface area contributed by atoms with Gasteiger partial charge < -0.3 is 19.7 Å². The Morgan fingerprint density at radius 1 is 1.21 bits per heavy atom. The normalized spacial score (nSPS) is 16.1. The van der Waals surface area contributed by atoms with Gasteiger partial charge in [-0.3, -0.25) is 9.59 Å². The zero-order chi connectivity index (χ0) is 19.9. The van der Waals surface area contributed by atoms with E-state index >= 15 is 0 Å². The number of amides is 2. The van der Waals surface area contributed by atoms with E-state index in [1.165, 1.54) is 0 Å². The molecule has 148 valence electrons. The molecule has 1 aliphatic rings. The molecule has 2 amide bonds. The molecule has 0 spiro atoms. The molecule has 0 bridgehead atoms. The molecule has 1 heterocycles. The summed E-state index contributed by atoms with van der Waals surface area (Å²) in [6.07, 6.45) is 0.923. The van der Waals surface area contributed by atoms with Gasteiger partial charge in [0, 0.05) is 19.5 Å². The van der Waals surface area contributed by atoms with Gasteiger partial charge in [0.1, 0.15) is 11.5 Å². The molecule has 1 unspecified atom stereocenters. The number of nitrogens with one attached hydrogen (secondary N) is 1. The molecule has 0 radical (unpaired) electrons. The summed E-state index contributed by atoms with van der Waals surface area (Å²) in [5.41, 5.74) is 1.82. The van der Waals surface area contributed by atoms with Crippen molar-refractivity contribution < 1.29 is 19.1 Å². The number of carbonyl (C=O) groups is 2. The Hall–Kier alpha value is -3.02. The minimum atomic E-state index is -0.354. The van der Waals surface area contributed by atoms with Crippen LogP contribution in [0.25, 0.3) is 0 Å². The van der Waals surface area contributed by atoms with Crippen molar-refractivity contribution in [1.29, 1.82) is 0 Å². The van der Waals surface area contributed by atoms with Gasteiger partial charge in [-0.25, -0.2) is 0 Å². The summed E-state index contributed by atoms with van der Waals surface area (Å²) >= 11 is 0. The van der Waals surface area contributed by atoms with E-state index in [1.54, 1.807) is 12.0 Å². The van der Waals surface area contributed by atoms with E-state index in [0.717, 1.165) is 17.0 Å². The summed E-state index contributed by atoms with van der Waals surface area (Å²) in [5.74, 6) is 0.964. The standard InChI is InChI=1S/C22H26N2O4/c1-3-28-20-10-5-4-9-19(20)24-15-17(14-21(24)25)22(26)23-12-11-16-7-6-8-18(13-16)27-2/h4-10,13,17H,3,11-12,14-15H2,1-2H3,(H,23,26). The quantitative estimate of drug-likeness (QED) is 0.762. The first kappa shape index (κ1) is 19.7. The van der Waals surface area contributed by atoms with Crippen LogP contribution in [0.15, 0.2) is 48.5 Å². The van der Waals surface area contributed by atoms with Gasteiger partial charge in [0.25, 0.3) is 0 Å². The summed E-state index contributed by atoms with van der Waals surface area (Å²) < 4.78 is 10.8. The number of ether oxygens (including phenoxy) is 2. The Balaban J connectivity index is 1.56. The third-order valence-corrected chi connectivity index (χ3v) is 4.80. The highest BCUT2D eigenvalue weighted by Gasteiger charge is 2.36. The van der Waals surface area contributed by atoms with E-state index in [2.05, 4.69) is 5.32 Å². The molecule has 1 saturated heterocycles. The fourth-order valence-electron chi connectivity index (χ4n) is 3.38. The van der Waals surface area contributed by atoms with Crippen molar-refractivity contribution in [2.75, 3.05) is 31.7 Å². The summed E-state index contributed by atoms with van der Waals surface area (Å²) in [5, 5.41) is 2.95. The zero-order valence-corrected chi connectivity index (χ0v) is 16.3. The molecular weight excluding hydrogens is 356 g/mol. The van der Waals surface area contributed by atoms with Crippen LogP contribution in [-0.4, -0.2) is 38.6 Å². The van der Waals surface area contributed by atoms with Crippen LogP contribution in [0.1, 0.15) is 18.9 Å². The average molecular weight is 382 g/mol. The molecule has 1 N–H and O–H groups in total. The van der Waals surface area contributed by atoms with E-state index < -0.39 is 0 Å². The molecule has 2 aromatic carbocycles. The highest BCUT2D eigenvalue weighted by Crippen LogP contribution is 2.33. The number of rotatable bonds is 8. The summed E-state index contributed by atoms with van der Waals surface area (Å²) in [6.45, 7) is 3.31. The molecule has 1 atom stereocenters. The van der Waals surface area contributed by atoms with Gasteiger partial charge in [-0.1, -0.05) is 24.3 Å². The van der Waals surface area contributed by atoms with Crippen LogP contribution in [-0.2, 0) is 16.0 Å². The highest BCUT2D eigenvalue weighted by atomic mass is 16.5. The number of benzene rings is 2. The molecule has 6 heteroatoms. The van der Waals surface area contributed by atoms with Crippen LogP contribution in [0.5, 0.6) is 11.5 Å². The number of para-hydroxylation sites is 2. The molecule has 3 rings (SSSR count). The minimum absolute atomic E-state index is 0.0555. The van der Waals surface area contributed by atoms with E-state index in [9.17, 15) is 9.59 Å². The molecule has 0 saturated carbocycles. The van der Waals surface area contributed by atoms with Crippen LogP contribution >= 0.6 is 0 Å². The molecule has 0 aromatic heterocycles. The second-order valence-corrected chi connectivity index (χ2v) is 6.70. The summed E-state index contributed by atoms with van der Waals surface area (Å²) in [4.78, 5) is 26.7. The topological polar surface area (TPSA) is 67.9 Å². The number of anilines is 1. The van der Waals surface area contributed by atoms with Crippen LogP contribution in [0.3, 0.4) is 0 Å². The van der Waals surface area contributed by atoms with Crippen LogP contribution in [0, 0.1) is 5.92 Å². The molecular formula is C22H26N2O4. The van der Waals surface area contributed by atoms with Crippen molar-refractivity contribution >= 4 is 17.5 Å². The Kier molecular flexibility index (Phi) is 6.53. The summed E-state index contributed by atoms with van der Waals surface area (Å²) in [6, 6.07) is 15.2. The first-order chi connectivity index (χ1) is 13.6. The fourth-order valence-corrected chi connectivity index (χ4v) is 3.38. The van der Waals surface area contributed by atoms with Gasteiger partial charge in [-0.2, -0.15) is 0 Å². The maximum atomic E-state index is 12.5. The lowest BCUT2D eigenvalue weighted by Crippen LogP contribution is -2.34. The Bertz CT molecular complexity index is 837. The maximum Gasteiger partial charge on any atom is 0.227 e. The van der Waals surface area contributed by atoms with Crippen LogP contribution in [0.4, 0.5) is 5.69 Å². The van der Waals surface area contributed by atoms with E-state index in [-0.39, 0.29) is 24.2 Å². The molecule has 28 heavy (non-hydrogen) atoms. The van der Waals surface area contributed by atoms with Gasteiger partial charge in [0.15, 0.2) is 0 Å². The number of methoxy groups -OCH3 is 1. The van der Waals surface area contributed by atoms with Crippen molar-refractivity contribution in [2.24, 2.45) is 5.92 Å². The van der Waals surface area contributed by atoms with Gasteiger partial charge in [0.2, 0.25) is 11.8 Å². The minimum Gasteiger partial charge on any atom is -0.497 e. The Morgan fingerprint density at radius 3 is 2.82 bits per heavy atom. The van der Waals surface area contributed by atoms with Crippen molar-refractivity contribution in [2.45, 2.75) is 19.8 Å². The van der Waals surface area contributed by atoms with Crippen molar-refractivity contribution in [3.8, 4) is 11.5 Å². The molecule has 1 aliphatic heterocycles. The summed E-state index contributed by atoms with van der Waals surface area (Å²) in [7, 11) is 1.63. The maximum absolute atomic E-state index is 12.5. The van der Waals surface area contributed by atoms with Crippen molar-refractivity contribution in [3.63, 3.8) is 0 Å². The average Bonchev–Trinajstić information content (AvgIpc) is 3.10. The highest BCUT2D eigenvalue weighted by molar-refractivity contribution is 6.01. The third-order valence-electron chi connectivity index (χ3n) is 4.80. The van der Waals surface area contributed by atoms with E-state index in [4.69, 9.17) is 9.47 Å². The first-order valence-electron chi connectivity index (χ1n) is 9.55. The molecule has 2 aromatic rings. The smallest absolute Gasteiger partial charge is 0.227 e. The molecule has 1 fully saturated rings. The third kappa shape index (κ3) is 4.63. The number of hydrogen-bond acceptors (Lipinski definition) is 4.